The number of anilines is 1. The Morgan fingerprint density at radius 1 is 1.12 bits per heavy atom. The number of nitrogens with zero attached hydrogens (tertiary/aromatic N) is 2. The molecule has 3 aromatic rings. The van der Waals surface area contributed by atoms with Gasteiger partial charge in [0.1, 0.15) is 11.5 Å². The molecule has 1 fully saturated rings. The van der Waals surface area contributed by atoms with Crippen molar-refractivity contribution in [2.45, 2.75) is 32.6 Å². The molecule has 1 aliphatic rings. The molecule has 2 N–H and O–H groups in total. The number of pyridine rings is 2. The summed E-state index contributed by atoms with van der Waals surface area (Å²) in [6.45, 7) is 4.61. The lowest BCUT2D eigenvalue weighted by molar-refractivity contribution is -0.114. The van der Waals surface area contributed by atoms with E-state index in [4.69, 9.17) is 9.72 Å². The smallest absolute Gasteiger partial charge is 0.255 e. The Morgan fingerprint density at radius 3 is 2.61 bits per heavy atom. The summed E-state index contributed by atoms with van der Waals surface area (Å²) in [4.78, 5) is 44.5. The number of amides is 2. The zero-order valence-corrected chi connectivity index (χ0v) is 18.6. The highest BCUT2D eigenvalue weighted by atomic mass is 16.5. The fourth-order valence-corrected chi connectivity index (χ4v) is 4.00. The van der Waals surface area contributed by atoms with Crippen molar-refractivity contribution < 1.29 is 14.3 Å². The van der Waals surface area contributed by atoms with Crippen molar-refractivity contribution in [1.29, 1.82) is 0 Å². The van der Waals surface area contributed by atoms with Crippen molar-refractivity contribution >= 4 is 17.5 Å². The van der Waals surface area contributed by atoms with Crippen molar-refractivity contribution in [3.05, 3.63) is 82.0 Å². The number of aromatic amines is 1. The maximum atomic E-state index is 12.9. The Morgan fingerprint density at radius 2 is 1.91 bits per heavy atom. The Hall–Kier alpha value is -3.94. The number of hydrogen-bond acceptors (Lipinski definition) is 5. The van der Waals surface area contributed by atoms with Crippen LogP contribution in [-0.2, 0) is 4.79 Å². The molecular weight excluding hydrogens is 420 g/mol. The summed E-state index contributed by atoms with van der Waals surface area (Å²) in [5.41, 5.74) is 2.67. The summed E-state index contributed by atoms with van der Waals surface area (Å²) < 4.78 is 6.04. The summed E-state index contributed by atoms with van der Waals surface area (Å²) in [6.07, 6.45) is 3.26. The normalized spacial score (nSPS) is 15.7. The van der Waals surface area contributed by atoms with E-state index in [0.29, 0.717) is 35.8 Å². The summed E-state index contributed by atoms with van der Waals surface area (Å²) in [6, 6.07) is 13.9. The van der Waals surface area contributed by atoms with Gasteiger partial charge in [-0.1, -0.05) is 0 Å². The molecule has 0 bridgehead atoms. The van der Waals surface area contributed by atoms with Gasteiger partial charge in [-0.25, -0.2) is 0 Å². The molecule has 4 rings (SSSR count). The van der Waals surface area contributed by atoms with Gasteiger partial charge in [0.25, 0.3) is 5.91 Å². The van der Waals surface area contributed by atoms with Gasteiger partial charge in [-0.05, 0) is 50.1 Å². The van der Waals surface area contributed by atoms with Gasteiger partial charge in [0.15, 0.2) is 0 Å². The number of rotatable bonds is 5. The van der Waals surface area contributed by atoms with Gasteiger partial charge in [-0.2, -0.15) is 0 Å². The average Bonchev–Trinajstić information content (AvgIpc) is 2.80. The highest BCUT2D eigenvalue weighted by Gasteiger charge is 2.27. The number of H-pyrrole nitrogens is 1. The molecule has 1 aromatic carbocycles. The highest BCUT2D eigenvalue weighted by Crippen LogP contribution is 2.31. The van der Waals surface area contributed by atoms with E-state index in [9.17, 15) is 14.4 Å². The van der Waals surface area contributed by atoms with E-state index in [2.05, 4.69) is 10.3 Å². The molecule has 1 saturated heterocycles. The highest BCUT2D eigenvalue weighted by molar-refractivity contribution is 5.94. The lowest BCUT2D eigenvalue weighted by Gasteiger charge is -2.32. The first kappa shape index (κ1) is 22.3. The van der Waals surface area contributed by atoms with Crippen molar-refractivity contribution in [2.24, 2.45) is 0 Å². The number of carbonyl (C=O) groups is 2. The number of nitrogens with one attached hydrogen (secondary N) is 2. The minimum Gasteiger partial charge on any atom is -0.457 e. The third-order valence-corrected chi connectivity index (χ3v) is 5.52. The van der Waals surface area contributed by atoms with Gasteiger partial charge < -0.3 is 19.9 Å². The summed E-state index contributed by atoms with van der Waals surface area (Å²) >= 11 is 0. The molecule has 2 amide bonds. The first-order chi connectivity index (χ1) is 15.9. The van der Waals surface area contributed by atoms with E-state index < -0.39 is 0 Å². The van der Waals surface area contributed by atoms with E-state index in [1.807, 2.05) is 24.0 Å². The molecule has 1 unspecified atom stereocenters. The molecule has 170 valence electrons. The van der Waals surface area contributed by atoms with Gasteiger partial charge >= 0.3 is 0 Å². The van der Waals surface area contributed by atoms with Crippen molar-refractivity contribution in [3.63, 3.8) is 0 Å². The largest absolute Gasteiger partial charge is 0.457 e. The van der Waals surface area contributed by atoms with Crippen LogP contribution in [-0.4, -0.2) is 39.8 Å². The number of hydrogen-bond donors (Lipinski definition) is 2. The Kier molecular flexibility index (Phi) is 6.53. The number of ether oxygens (including phenoxy) is 1. The van der Waals surface area contributed by atoms with Crippen LogP contribution in [0.25, 0.3) is 0 Å². The van der Waals surface area contributed by atoms with E-state index in [0.717, 1.165) is 24.2 Å². The zero-order valence-electron chi connectivity index (χ0n) is 18.6. The zero-order chi connectivity index (χ0) is 23.4. The molecular formula is C25H26N4O4. The molecule has 1 atom stereocenters. The van der Waals surface area contributed by atoms with Crippen LogP contribution in [0.3, 0.4) is 0 Å². The van der Waals surface area contributed by atoms with Crippen LogP contribution in [0.15, 0.2) is 59.5 Å². The van der Waals surface area contributed by atoms with Crippen LogP contribution in [0.1, 0.15) is 47.4 Å². The van der Waals surface area contributed by atoms with Crippen LogP contribution in [0, 0.1) is 6.92 Å². The molecule has 3 heterocycles. The summed E-state index contributed by atoms with van der Waals surface area (Å²) in [7, 11) is 0. The van der Waals surface area contributed by atoms with Gasteiger partial charge in [-0.15, -0.1) is 0 Å². The molecule has 2 aromatic heterocycles. The van der Waals surface area contributed by atoms with Crippen LogP contribution < -0.4 is 15.6 Å². The predicted molar refractivity (Wildman–Crippen MR) is 125 cm³/mol. The van der Waals surface area contributed by atoms with Gasteiger partial charge in [0.05, 0.1) is 5.56 Å². The third-order valence-electron chi connectivity index (χ3n) is 5.52. The quantitative estimate of drug-likeness (QED) is 0.620. The Bertz CT molecular complexity index is 1200. The fraction of sp³-hybridized carbons (Fsp3) is 0.280. The lowest BCUT2D eigenvalue weighted by atomic mass is 9.93. The molecule has 1 aliphatic heterocycles. The molecule has 0 aliphatic carbocycles. The Balaban J connectivity index is 1.48. The van der Waals surface area contributed by atoms with Crippen LogP contribution in [0.2, 0.25) is 0 Å². The molecule has 0 spiro atoms. The van der Waals surface area contributed by atoms with Crippen molar-refractivity contribution in [2.75, 3.05) is 18.4 Å². The van der Waals surface area contributed by atoms with Crippen molar-refractivity contribution in [3.8, 4) is 11.5 Å². The average molecular weight is 447 g/mol. The summed E-state index contributed by atoms with van der Waals surface area (Å²) in [5, 5.41) is 2.73. The van der Waals surface area contributed by atoms with E-state index in [1.54, 1.807) is 30.3 Å². The maximum Gasteiger partial charge on any atom is 0.255 e. The summed E-state index contributed by atoms with van der Waals surface area (Å²) in [5.74, 6) is 1.20. The van der Waals surface area contributed by atoms with Gasteiger partial charge in [0, 0.05) is 67.4 Å². The minimum atomic E-state index is -0.232. The van der Waals surface area contributed by atoms with Gasteiger partial charge in [-0.3, -0.25) is 19.4 Å². The molecule has 0 radical (unpaired) electrons. The fourth-order valence-electron chi connectivity index (χ4n) is 4.00. The molecule has 33 heavy (non-hydrogen) atoms. The topological polar surface area (TPSA) is 104 Å². The number of carbonyl (C=O) groups excluding carboxylic acids is 2. The second-order valence-corrected chi connectivity index (χ2v) is 8.21. The standard InChI is InChI=1S/C25H26N4O4/c1-16-12-22(33-21-8-6-20(7-9-21)28-17(2)30)13-23(27-16)19-4-3-11-29(15-19)25(32)18-5-10-24(31)26-14-18/h5-10,12-14,19H,3-4,11,15H2,1-2H3,(H,26,31)(H,28,30). The molecule has 8 heteroatoms. The lowest BCUT2D eigenvalue weighted by Crippen LogP contribution is -2.39. The number of benzene rings is 1. The first-order valence-electron chi connectivity index (χ1n) is 10.9. The van der Waals surface area contributed by atoms with E-state index >= 15 is 0 Å². The van der Waals surface area contributed by atoms with Crippen LogP contribution in [0.4, 0.5) is 5.69 Å². The van der Waals surface area contributed by atoms with Crippen LogP contribution in [0.5, 0.6) is 11.5 Å². The monoisotopic (exact) mass is 446 g/mol. The number of piperidine rings is 1. The SMILES string of the molecule is CC(=O)Nc1ccc(Oc2cc(C)nc(C3CCCN(C(=O)c4ccc(=O)[nH]c4)C3)c2)cc1. The number of aryl methyl sites for hydroxylation is 1. The second-order valence-electron chi connectivity index (χ2n) is 8.21. The van der Waals surface area contributed by atoms with Crippen molar-refractivity contribution in [1.82, 2.24) is 14.9 Å². The minimum absolute atomic E-state index is 0.0925. The Labute approximate surface area is 191 Å². The predicted octanol–water partition coefficient (Wildman–Crippen LogP) is 3.85. The molecule has 8 nitrogen and oxygen atoms in total. The third kappa shape index (κ3) is 5.65. The second kappa shape index (κ2) is 9.68. The molecule has 0 saturated carbocycles. The number of aromatic nitrogens is 2. The first-order valence-corrected chi connectivity index (χ1v) is 10.9. The van der Waals surface area contributed by atoms with E-state index in [1.165, 1.54) is 19.2 Å². The van der Waals surface area contributed by atoms with Crippen LogP contribution >= 0.6 is 0 Å². The van der Waals surface area contributed by atoms with E-state index in [-0.39, 0.29) is 23.3 Å². The maximum absolute atomic E-state index is 12.9. The van der Waals surface area contributed by atoms with Gasteiger partial charge in [0.2, 0.25) is 11.5 Å². The number of likely N-dealkylation sites (tertiary alicyclic amines) is 1.